The normalized spacial score (nSPS) is 24.5. The molecule has 2 aromatic carbocycles. The molecule has 0 bridgehead atoms. The van der Waals surface area contributed by atoms with E-state index in [9.17, 15) is 0 Å². The van der Waals surface area contributed by atoms with Gasteiger partial charge in [-0.25, -0.2) is 4.99 Å². The van der Waals surface area contributed by atoms with E-state index in [1.54, 1.807) is 36.4 Å². The van der Waals surface area contributed by atoms with Crippen LogP contribution >= 0.6 is 46.4 Å². The molecule has 1 heterocycles. The van der Waals surface area contributed by atoms with Crippen molar-refractivity contribution in [2.75, 3.05) is 0 Å². The Bertz CT molecular complexity index is 855. The first-order chi connectivity index (χ1) is 13.5. The molecule has 0 aromatic heterocycles. The van der Waals surface area contributed by atoms with E-state index in [1.807, 2.05) is 0 Å². The molecular formula is C21H19Cl4NO2. The Morgan fingerprint density at radius 2 is 1.29 bits per heavy atom. The van der Waals surface area contributed by atoms with Crippen LogP contribution in [-0.2, 0) is 9.47 Å². The van der Waals surface area contributed by atoms with Gasteiger partial charge in [0, 0.05) is 15.6 Å². The molecule has 7 heteroatoms. The summed E-state index contributed by atoms with van der Waals surface area (Å²) in [5, 5.41) is 1.95. The number of benzene rings is 2. The van der Waals surface area contributed by atoms with Gasteiger partial charge in [0.25, 0.3) is 0 Å². The lowest BCUT2D eigenvalue weighted by Gasteiger charge is -2.19. The van der Waals surface area contributed by atoms with Crippen LogP contribution in [0.4, 0.5) is 0 Å². The molecule has 0 N–H and O–H groups in total. The Kier molecular flexibility index (Phi) is 6.39. The summed E-state index contributed by atoms with van der Waals surface area (Å²) in [7, 11) is 0. The maximum atomic E-state index is 6.45. The molecule has 1 aliphatic heterocycles. The first-order valence-corrected chi connectivity index (χ1v) is 10.8. The van der Waals surface area contributed by atoms with Crippen molar-refractivity contribution in [2.24, 2.45) is 4.99 Å². The number of nitrogens with zero attached hydrogens (tertiary/aromatic N) is 1. The van der Waals surface area contributed by atoms with Crippen LogP contribution in [0.3, 0.4) is 0 Å². The first-order valence-electron chi connectivity index (χ1n) is 9.32. The van der Waals surface area contributed by atoms with Crippen molar-refractivity contribution in [3.05, 3.63) is 67.6 Å². The van der Waals surface area contributed by atoms with E-state index in [2.05, 4.69) is 0 Å². The molecule has 3 nitrogen and oxygen atoms in total. The topological polar surface area (TPSA) is 30.8 Å². The van der Waals surface area contributed by atoms with Crippen molar-refractivity contribution < 1.29 is 9.47 Å². The minimum Gasteiger partial charge on any atom is -0.444 e. The van der Waals surface area contributed by atoms with Crippen molar-refractivity contribution in [1.82, 2.24) is 0 Å². The maximum Gasteiger partial charge on any atom is 0.232 e. The van der Waals surface area contributed by atoms with Crippen molar-refractivity contribution in [1.29, 1.82) is 0 Å². The Morgan fingerprint density at radius 3 is 1.86 bits per heavy atom. The Balaban J connectivity index is 1.74. The summed E-state index contributed by atoms with van der Waals surface area (Å²) in [6.07, 6.45) is 4.26. The summed E-state index contributed by atoms with van der Waals surface area (Å²) in [5.41, 5.74) is 1.22. The molecule has 0 spiro atoms. The Labute approximate surface area is 184 Å². The predicted molar refractivity (Wildman–Crippen MR) is 115 cm³/mol. The van der Waals surface area contributed by atoms with Crippen LogP contribution in [0.25, 0.3) is 0 Å². The SMILES string of the molecule is Clc1cccc(Cl)c1C1OC(=NC2CCCCC2)C(c2c(Cl)cccc2Cl)O1. The maximum absolute atomic E-state index is 6.45. The first kappa shape index (κ1) is 20.3. The van der Waals surface area contributed by atoms with E-state index < -0.39 is 12.4 Å². The van der Waals surface area contributed by atoms with E-state index in [0.717, 1.165) is 12.8 Å². The van der Waals surface area contributed by atoms with E-state index in [0.29, 0.717) is 37.1 Å². The second-order valence-electron chi connectivity index (χ2n) is 7.00. The Morgan fingerprint density at radius 1 is 0.750 bits per heavy atom. The predicted octanol–water partition coefficient (Wildman–Crippen LogP) is 7.82. The number of ether oxygens (including phenoxy) is 2. The van der Waals surface area contributed by atoms with Crippen LogP contribution in [0.2, 0.25) is 20.1 Å². The van der Waals surface area contributed by atoms with Gasteiger partial charge in [0.15, 0.2) is 6.10 Å². The van der Waals surface area contributed by atoms with Crippen LogP contribution < -0.4 is 0 Å². The van der Waals surface area contributed by atoms with Crippen LogP contribution in [0, 0.1) is 0 Å². The van der Waals surface area contributed by atoms with Gasteiger partial charge < -0.3 is 9.47 Å². The van der Waals surface area contributed by atoms with Crippen molar-refractivity contribution in [2.45, 2.75) is 50.5 Å². The monoisotopic (exact) mass is 457 g/mol. The molecule has 0 radical (unpaired) electrons. The molecule has 4 rings (SSSR count). The standard InChI is InChI=1S/C21H19Cl4NO2/c22-13-8-4-9-14(23)17(13)19-20(26-12-6-2-1-3-7-12)28-21(27-19)18-15(24)10-5-11-16(18)25/h4-5,8-12,19,21H,1-3,6-7H2. The summed E-state index contributed by atoms with van der Waals surface area (Å²) >= 11 is 25.6. The molecular weight excluding hydrogens is 440 g/mol. The number of hydrogen-bond donors (Lipinski definition) is 0. The van der Waals surface area contributed by atoms with Gasteiger partial charge in [0.05, 0.1) is 21.7 Å². The highest BCUT2D eigenvalue weighted by atomic mass is 35.5. The number of aliphatic imine (C=N–C) groups is 1. The van der Waals surface area contributed by atoms with E-state index in [-0.39, 0.29) is 6.04 Å². The van der Waals surface area contributed by atoms with Gasteiger partial charge >= 0.3 is 0 Å². The second kappa shape index (κ2) is 8.81. The third-order valence-corrected chi connectivity index (χ3v) is 6.41. The lowest BCUT2D eigenvalue weighted by Crippen LogP contribution is -2.16. The van der Waals surface area contributed by atoms with Crippen molar-refractivity contribution in [3.8, 4) is 0 Å². The minimum absolute atomic E-state index is 0.205. The summed E-state index contributed by atoms with van der Waals surface area (Å²) in [5.74, 6) is 0.475. The molecule has 1 saturated heterocycles. The molecule has 2 atom stereocenters. The molecule has 2 aromatic rings. The summed E-state index contributed by atoms with van der Waals surface area (Å²) < 4.78 is 12.4. The summed E-state index contributed by atoms with van der Waals surface area (Å²) in [4.78, 5) is 4.88. The quantitative estimate of drug-likeness (QED) is 0.469. The highest BCUT2D eigenvalue weighted by Crippen LogP contribution is 2.45. The van der Waals surface area contributed by atoms with E-state index in [1.165, 1.54) is 19.3 Å². The molecule has 28 heavy (non-hydrogen) atoms. The van der Waals surface area contributed by atoms with Crippen molar-refractivity contribution in [3.63, 3.8) is 0 Å². The molecule has 2 aliphatic rings. The molecule has 2 fully saturated rings. The van der Waals surface area contributed by atoms with Gasteiger partial charge in [-0.2, -0.15) is 0 Å². The van der Waals surface area contributed by atoms with Gasteiger partial charge in [-0.3, -0.25) is 0 Å². The fourth-order valence-electron chi connectivity index (χ4n) is 3.68. The van der Waals surface area contributed by atoms with Crippen LogP contribution in [0.5, 0.6) is 0 Å². The largest absolute Gasteiger partial charge is 0.444 e. The van der Waals surface area contributed by atoms with Gasteiger partial charge in [0.1, 0.15) is 0 Å². The lowest BCUT2D eigenvalue weighted by molar-refractivity contribution is -0.0518. The van der Waals surface area contributed by atoms with Crippen LogP contribution in [0.15, 0.2) is 41.4 Å². The average molecular weight is 459 g/mol. The molecule has 0 amide bonds. The number of rotatable bonds is 3. The van der Waals surface area contributed by atoms with Gasteiger partial charge in [0.2, 0.25) is 12.2 Å². The average Bonchev–Trinajstić information content (AvgIpc) is 3.05. The smallest absolute Gasteiger partial charge is 0.232 e. The minimum atomic E-state index is -0.777. The Hall–Kier alpha value is -0.970. The lowest BCUT2D eigenvalue weighted by atomic mass is 9.96. The van der Waals surface area contributed by atoms with E-state index >= 15 is 0 Å². The second-order valence-corrected chi connectivity index (χ2v) is 8.62. The number of hydrogen-bond acceptors (Lipinski definition) is 3. The third kappa shape index (κ3) is 4.15. The molecule has 2 unspecified atom stereocenters. The third-order valence-electron chi connectivity index (χ3n) is 5.09. The van der Waals surface area contributed by atoms with Crippen molar-refractivity contribution >= 4 is 52.3 Å². The molecule has 1 saturated carbocycles. The summed E-state index contributed by atoms with van der Waals surface area (Å²) in [6, 6.07) is 10.8. The molecule has 1 aliphatic carbocycles. The fraction of sp³-hybridized carbons (Fsp3) is 0.381. The highest BCUT2D eigenvalue weighted by molar-refractivity contribution is 6.37. The zero-order chi connectivity index (χ0) is 19.7. The molecule has 148 valence electrons. The van der Waals surface area contributed by atoms with Gasteiger partial charge in [-0.15, -0.1) is 0 Å². The van der Waals surface area contributed by atoms with Crippen LogP contribution in [0.1, 0.15) is 55.6 Å². The van der Waals surface area contributed by atoms with Gasteiger partial charge in [-0.1, -0.05) is 77.8 Å². The fourth-order valence-corrected chi connectivity index (χ4v) is 4.86. The van der Waals surface area contributed by atoms with Crippen LogP contribution in [-0.4, -0.2) is 11.9 Å². The zero-order valence-electron chi connectivity index (χ0n) is 15.0. The van der Waals surface area contributed by atoms with Gasteiger partial charge in [-0.05, 0) is 37.1 Å². The highest BCUT2D eigenvalue weighted by Gasteiger charge is 2.40. The van der Waals surface area contributed by atoms with E-state index in [4.69, 9.17) is 60.9 Å². The zero-order valence-corrected chi connectivity index (χ0v) is 18.0. The number of halogens is 4. The summed E-state index contributed by atoms with van der Waals surface area (Å²) in [6.45, 7) is 0.